The molecule has 0 radical (unpaired) electrons. The van der Waals surface area contributed by atoms with Crippen molar-refractivity contribution in [2.24, 2.45) is 0 Å². The number of piperidine rings is 1. The molecule has 2 heterocycles. The van der Waals surface area contributed by atoms with Crippen molar-refractivity contribution >= 4 is 11.6 Å². The van der Waals surface area contributed by atoms with Gasteiger partial charge in [-0.3, -0.25) is 9.69 Å². The average Bonchev–Trinajstić information content (AvgIpc) is 3.01. The van der Waals surface area contributed by atoms with Gasteiger partial charge in [-0.05, 0) is 57.3 Å². The molecule has 0 spiro atoms. The minimum atomic E-state index is 0.106. The normalized spacial score (nSPS) is 23.5. The molecule has 4 nitrogen and oxygen atoms in total. The number of carbonyl (C=O) groups is 1. The topological polar surface area (TPSA) is 49.6 Å². The lowest BCUT2D eigenvalue weighted by atomic mass is 10.0. The van der Waals surface area contributed by atoms with E-state index in [1.54, 1.807) is 0 Å². The second-order valence-electron chi connectivity index (χ2n) is 6.33. The number of nitrogens with two attached hydrogens (primary N) is 1. The zero-order chi connectivity index (χ0) is 14.8. The van der Waals surface area contributed by atoms with E-state index < -0.39 is 0 Å². The summed E-state index contributed by atoms with van der Waals surface area (Å²) in [6, 6.07) is 6.23. The first-order valence-corrected chi connectivity index (χ1v) is 8.05. The third-order valence-electron chi connectivity index (χ3n) is 4.86. The Morgan fingerprint density at radius 3 is 2.67 bits per heavy atom. The number of hydrogen-bond donors (Lipinski definition) is 1. The standard InChI is InChI=1S/C17H25N3O/c1-13-6-4-8-15(18)16(13)17(21)20-11-5-7-14(12-20)19-9-2-3-10-19/h4,6,8,14H,2-3,5,7,9-12,18H2,1H3. The Balaban J connectivity index is 1.75. The summed E-state index contributed by atoms with van der Waals surface area (Å²) in [5.41, 5.74) is 8.30. The van der Waals surface area contributed by atoms with Gasteiger partial charge in [0.2, 0.25) is 0 Å². The number of rotatable bonds is 2. The summed E-state index contributed by atoms with van der Waals surface area (Å²) in [5, 5.41) is 0. The maximum Gasteiger partial charge on any atom is 0.256 e. The highest BCUT2D eigenvalue weighted by molar-refractivity contribution is 6.00. The monoisotopic (exact) mass is 287 g/mol. The van der Waals surface area contributed by atoms with Crippen LogP contribution in [0, 0.1) is 6.92 Å². The van der Waals surface area contributed by atoms with E-state index in [-0.39, 0.29) is 5.91 Å². The third-order valence-corrected chi connectivity index (χ3v) is 4.86. The number of nitrogen functional groups attached to an aromatic ring is 1. The second kappa shape index (κ2) is 6.06. The summed E-state index contributed by atoms with van der Waals surface area (Å²) in [4.78, 5) is 17.4. The second-order valence-corrected chi connectivity index (χ2v) is 6.33. The van der Waals surface area contributed by atoms with Crippen LogP contribution < -0.4 is 5.73 Å². The number of hydrogen-bond acceptors (Lipinski definition) is 3. The molecule has 4 heteroatoms. The largest absolute Gasteiger partial charge is 0.398 e. The van der Waals surface area contributed by atoms with Crippen LogP contribution in [-0.2, 0) is 0 Å². The van der Waals surface area contributed by atoms with Crippen LogP contribution in [0.1, 0.15) is 41.6 Å². The Kier molecular flexibility index (Phi) is 4.15. The van der Waals surface area contributed by atoms with Crippen molar-refractivity contribution in [1.82, 2.24) is 9.80 Å². The van der Waals surface area contributed by atoms with E-state index >= 15 is 0 Å². The lowest BCUT2D eigenvalue weighted by molar-refractivity contribution is 0.0608. The third kappa shape index (κ3) is 2.91. The van der Waals surface area contributed by atoms with Crippen LogP contribution in [0.25, 0.3) is 0 Å². The molecule has 2 N–H and O–H groups in total. The van der Waals surface area contributed by atoms with Crippen LogP contribution in [0.15, 0.2) is 18.2 Å². The first kappa shape index (κ1) is 14.4. The molecule has 1 aromatic carbocycles. The highest BCUT2D eigenvalue weighted by Crippen LogP contribution is 2.24. The van der Waals surface area contributed by atoms with Crippen molar-refractivity contribution in [2.75, 3.05) is 31.9 Å². The minimum Gasteiger partial charge on any atom is -0.398 e. The minimum absolute atomic E-state index is 0.106. The van der Waals surface area contributed by atoms with Crippen molar-refractivity contribution in [2.45, 2.75) is 38.6 Å². The van der Waals surface area contributed by atoms with Crippen LogP contribution in [0.5, 0.6) is 0 Å². The first-order valence-electron chi connectivity index (χ1n) is 8.05. The number of benzene rings is 1. The first-order chi connectivity index (χ1) is 10.2. The fraction of sp³-hybridized carbons (Fsp3) is 0.588. The molecule has 2 aliphatic heterocycles. The molecule has 0 bridgehead atoms. The van der Waals surface area contributed by atoms with Crippen molar-refractivity contribution in [3.63, 3.8) is 0 Å². The van der Waals surface area contributed by atoms with E-state index in [4.69, 9.17) is 5.73 Å². The van der Waals surface area contributed by atoms with Gasteiger partial charge in [0, 0.05) is 24.8 Å². The zero-order valence-electron chi connectivity index (χ0n) is 12.8. The summed E-state index contributed by atoms with van der Waals surface area (Å²) >= 11 is 0. The van der Waals surface area contributed by atoms with Gasteiger partial charge in [0.25, 0.3) is 5.91 Å². The van der Waals surface area contributed by atoms with Gasteiger partial charge in [-0.15, -0.1) is 0 Å². The SMILES string of the molecule is Cc1cccc(N)c1C(=O)N1CCCC(N2CCCC2)C1. The van der Waals surface area contributed by atoms with E-state index in [0.717, 1.165) is 25.1 Å². The van der Waals surface area contributed by atoms with Crippen LogP contribution in [0.4, 0.5) is 5.69 Å². The van der Waals surface area contributed by atoms with E-state index in [0.29, 0.717) is 17.3 Å². The maximum atomic E-state index is 12.8. The molecule has 0 aromatic heterocycles. The van der Waals surface area contributed by atoms with Crippen molar-refractivity contribution in [1.29, 1.82) is 0 Å². The van der Waals surface area contributed by atoms with Gasteiger partial charge in [-0.1, -0.05) is 12.1 Å². The quantitative estimate of drug-likeness (QED) is 0.849. The van der Waals surface area contributed by atoms with Crippen LogP contribution in [-0.4, -0.2) is 47.9 Å². The Morgan fingerprint density at radius 2 is 1.95 bits per heavy atom. The van der Waals surface area contributed by atoms with Gasteiger partial charge in [0.1, 0.15) is 0 Å². The molecular weight excluding hydrogens is 262 g/mol. The Morgan fingerprint density at radius 1 is 1.19 bits per heavy atom. The molecule has 0 saturated carbocycles. The smallest absolute Gasteiger partial charge is 0.256 e. The summed E-state index contributed by atoms with van der Waals surface area (Å²) in [7, 11) is 0. The number of carbonyl (C=O) groups excluding carboxylic acids is 1. The highest BCUT2D eigenvalue weighted by Gasteiger charge is 2.30. The summed E-state index contributed by atoms with van der Waals surface area (Å²) in [6.45, 7) is 6.06. The van der Waals surface area contributed by atoms with Crippen LogP contribution in [0.2, 0.25) is 0 Å². The van der Waals surface area contributed by atoms with Crippen LogP contribution in [0.3, 0.4) is 0 Å². The number of likely N-dealkylation sites (tertiary alicyclic amines) is 2. The predicted molar refractivity (Wildman–Crippen MR) is 85.3 cm³/mol. The number of anilines is 1. The molecule has 1 amide bonds. The van der Waals surface area contributed by atoms with Crippen molar-refractivity contribution in [3.05, 3.63) is 29.3 Å². The zero-order valence-corrected chi connectivity index (χ0v) is 12.8. The summed E-state index contributed by atoms with van der Waals surface area (Å²) < 4.78 is 0. The Hall–Kier alpha value is -1.55. The number of nitrogens with zero attached hydrogens (tertiary/aromatic N) is 2. The highest BCUT2D eigenvalue weighted by atomic mass is 16.2. The number of amides is 1. The molecule has 3 rings (SSSR count). The van der Waals surface area contributed by atoms with Gasteiger partial charge in [0.05, 0.1) is 5.56 Å². The average molecular weight is 287 g/mol. The van der Waals surface area contributed by atoms with Gasteiger partial charge in [-0.25, -0.2) is 0 Å². The summed E-state index contributed by atoms with van der Waals surface area (Å²) in [5.74, 6) is 0.106. The lowest BCUT2D eigenvalue weighted by Crippen LogP contribution is -2.49. The fourth-order valence-corrected chi connectivity index (χ4v) is 3.68. The van der Waals surface area contributed by atoms with Gasteiger partial charge >= 0.3 is 0 Å². The van der Waals surface area contributed by atoms with E-state index in [9.17, 15) is 4.79 Å². The molecule has 0 aliphatic carbocycles. The van der Waals surface area contributed by atoms with Gasteiger partial charge in [0.15, 0.2) is 0 Å². The number of aryl methyl sites for hydroxylation is 1. The molecule has 2 aliphatic rings. The van der Waals surface area contributed by atoms with E-state index in [1.165, 1.54) is 32.4 Å². The summed E-state index contributed by atoms with van der Waals surface area (Å²) in [6.07, 6.45) is 4.91. The fourth-order valence-electron chi connectivity index (χ4n) is 3.68. The Labute approximate surface area is 126 Å². The molecule has 1 unspecified atom stereocenters. The van der Waals surface area contributed by atoms with Crippen molar-refractivity contribution < 1.29 is 4.79 Å². The lowest BCUT2D eigenvalue weighted by Gasteiger charge is -2.38. The van der Waals surface area contributed by atoms with Crippen molar-refractivity contribution in [3.8, 4) is 0 Å². The maximum absolute atomic E-state index is 12.8. The molecular formula is C17H25N3O. The molecule has 2 fully saturated rings. The molecule has 114 valence electrons. The molecule has 1 aromatic rings. The molecule has 1 atom stereocenters. The van der Waals surface area contributed by atoms with Gasteiger partial charge in [-0.2, -0.15) is 0 Å². The Bertz CT molecular complexity index is 503. The molecule has 21 heavy (non-hydrogen) atoms. The van der Waals surface area contributed by atoms with E-state index in [2.05, 4.69) is 4.90 Å². The van der Waals surface area contributed by atoms with Gasteiger partial charge < -0.3 is 10.6 Å². The van der Waals surface area contributed by atoms with Crippen LogP contribution >= 0.6 is 0 Å². The van der Waals surface area contributed by atoms with E-state index in [1.807, 2.05) is 30.0 Å². The predicted octanol–water partition coefficient (Wildman–Crippen LogP) is 2.28. The molecule has 2 saturated heterocycles.